The summed E-state index contributed by atoms with van der Waals surface area (Å²) in [4.78, 5) is 9.60. The van der Waals surface area contributed by atoms with Crippen molar-refractivity contribution in [3.05, 3.63) is 294 Å². The summed E-state index contributed by atoms with van der Waals surface area (Å²) in [5, 5.41) is 2.14. The number of pyridine rings is 1. The summed E-state index contributed by atoms with van der Waals surface area (Å²) in [6.07, 6.45) is 1.90. The van der Waals surface area contributed by atoms with Gasteiger partial charge in [-0.1, -0.05) is 213 Å². The van der Waals surface area contributed by atoms with Crippen molar-refractivity contribution in [2.24, 2.45) is 0 Å². The Hall–Kier alpha value is -8.83. The van der Waals surface area contributed by atoms with Gasteiger partial charge in [0.25, 0.3) is 0 Å². The van der Waals surface area contributed by atoms with Crippen LogP contribution in [0.5, 0.6) is 11.5 Å². The smallest absolute Gasteiger partial charge is 0.135 e. The molecular weight excluding hydrogens is 1230 g/mol. The van der Waals surface area contributed by atoms with E-state index < -0.39 is 5.41 Å². The van der Waals surface area contributed by atoms with Crippen molar-refractivity contribution >= 4 is 44.6 Å². The van der Waals surface area contributed by atoms with Crippen molar-refractivity contribution in [1.29, 1.82) is 0 Å². The Bertz CT molecular complexity index is 4510. The van der Waals surface area contributed by atoms with Gasteiger partial charge >= 0.3 is 0 Å². The number of ether oxygens (including phenoxy) is 1. The summed E-state index contributed by atoms with van der Waals surface area (Å²) in [7, 11) is 0. The number of fused-ring (bicyclic) bond motifs is 7. The fourth-order valence-electron chi connectivity index (χ4n) is 13.0. The topological polar surface area (TPSA) is 33.5 Å². The van der Waals surface area contributed by atoms with Crippen LogP contribution in [0, 0.1) is 24.6 Å². The Morgan fingerprint density at radius 2 is 1.07 bits per heavy atom. The third-order valence-corrected chi connectivity index (χ3v) is 17.3. The van der Waals surface area contributed by atoms with E-state index in [1.807, 2.05) is 18.3 Å². The average Bonchev–Trinajstić information content (AvgIpc) is 1.61. The number of rotatable bonds is 9. The molecule has 1 aliphatic heterocycles. The van der Waals surface area contributed by atoms with Crippen LogP contribution in [0.3, 0.4) is 0 Å². The molecule has 0 saturated heterocycles. The second-order valence-electron chi connectivity index (χ2n) is 25.9. The molecule has 0 fully saturated rings. The monoisotopic (exact) mass is 1300 g/mol. The average molecular weight is 1300 g/mol. The number of benzene rings is 10. The number of hydrogen-bond acceptors (Lipinski definition) is 4. The Morgan fingerprint density at radius 1 is 0.465 bits per heavy atom. The van der Waals surface area contributed by atoms with Gasteiger partial charge in [0, 0.05) is 77.9 Å². The van der Waals surface area contributed by atoms with E-state index in [1.165, 1.54) is 16.7 Å². The second kappa shape index (κ2) is 21.3. The first-order chi connectivity index (χ1) is 40.9. The van der Waals surface area contributed by atoms with Gasteiger partial charge in [0.15, 0.2) is 0 Å². The van der Waals surface area contributed by atoms with Crippen molar-refractivity contribution in [1.82, 2.24) is 9.55 Å². The molecule has 7 heteroatoms. The maximum Gasteiger partial charge on any atom is 0.135 e. The van der Waals surface area contributed by atoms with Crippen molar-refractivity contribution in [3.8, 4) is 50.7 Å². The van der Waals surface area contributed by atoms with E-state index in [1.54, 1.807) is 12.1 Å². The molecule has 3 heterocycles. The first-order valence-corrected chi connectivity index (χ1v) is 29.4. The molecular formula is C79H66FN4OPt-3. The van der Waals surface area contributed by atoms with E-state index in [-0.39, 0.29) is 43.1 Å². The van der Waals surface area contributed by atoms with E-state index in [0.717, 1.165) is 106 Å². The summed E-state index contributed by atoms with van der Waals surface area (Å²) in [6.45, 7) is 22.5. The molecule has 0 N–H and O–H groups in total. The van der Waals surface area contributed by atoms with Crippen molar-refractivity contribution in [2.45, 2.75) is 84.0 Å². The number of hydrogen-bond donors (Lipinski definition) is 0. The van der Waals surface area contributed by atoms with E-state index in [2.05, 4.69) is 296 Å². The van der Waals surface area contributed by atoms with Gasteiger partial charge in [0.1, 0.15) is 11.6 Å². The van der Waals surface area contributed by atoms with Crippen molar-refractivity contribution in [2.75, 3.05) is 9.80 Å². The minimum absolute atomic E-state index is 0. The number of aromatic nitrogens is 2. The number of para-hydroxylation sites is 3. The van der Waals surface area contributed by atoms with Gasteiger partial charge in [-0.3, -0.25) is 0 Å². The molecule has 428 valence electrons. The van der Waals surface area contributed by atoms with E-state index in [9.17, 15) is 0 Å². The molecule has 2 aliphatic rings. The fraction of sp³-hybridized carbons (Fsp3) is 0.165. The number of anilines is 4. The van der Waals surface area contributed by atoms with Crippen molar-refractivity contribution in [3.63, 3.8) is 0 Å². The van der Waals surface area contributed by atoms with Crippen LogP contribution in [0.15, 0.2) is 231 Å². The molecule has 0 amide bonds. The molecule has 1 unspecified atom stereocenters. The van der Waals surface area contributed by atoms with Crippen molar-refractivity contribution < 1.29 is 30.2 Å². The standard InChI is InChI=1S/C79H66FN4O.Pt/c1-76(2,3)53-32-34-54(35-33-53)79(68-28-18-16-26-62(68)67-47-58(80)36-39-69(67)79)57-42-59(48-61(43-57)85-60-37-38-64-63-27-17-19-29-70(63)84(73(64)49-60)74-46-55(40-41-81-74)77(4,5)6)82-50-83(72-31-21-20-30-71(72)82)75-65(51-22-12-10-13-23-51)44-56(78(7,8)9)45-66(75)52-24-14-11-15-25-52;/h10-47,50H,1-9H3;/q-3;. The zero-order valence-electron chi connectivity index (χ0n) is 49.9. The summed E-state index contributed by atoms with van der Waals surface area (Å²) in [6, 6.07) is 86.7. The van der Waals surface area contributed by atoms with Gasteiger partial charge in [0.05, 0.1) is 0 Å². The molecule has 2 aromatic heterocycles. The number of halogens is 1. The van der Waals surface area contributed by atoms with Crippen LogP contribution in [-0.2, 0) is 42.7 Å². The van der Waals surface area contributed by atoms with Gasteiger partial charge in [-0.25, -0.2) is 9.37 Å². The molecule has 0 saturated carbocycles. The van der Waals surface area contributed by atoms with Crippen LogP contribution in [-0.4, -0.2) is 9.55 Å². The molecule has 12 aromatic rings. The number of nitrogens with zero attached hydrogens (tertiary/aromatic N) is 4. The molecule has 1 aliphatic carbocycles. The van der Waals surface area contributed by atoms with Gasteiger partial charge in [0.2, 0.25) is 0 Å². The molecule has 0 spiro atoms. The predicted molar refractivity (Wildman–Crippen MR) is 348 cm³/mol. The summed E-state index contributed by atoms with van der Waals surface area (Å²) in [5.41, 5.74) is 18.4. The molecule has 5 nitrogen and oxygen atoms in total. The quantitative estimate of drug-likeness (QED) is 0.135. The Morgan fingerprint density at radius 3 is 1.74 bits per heavy atom. The summed E-state index contributed by atoms with van der Waals surface area (Å²) in [5.74, 6) is 1.54. The summed E-state index contributed by atoms with van der Waals surface area (Å²) >= 11 is 0. The Labute approximate surface area is 519 Å². The van der Waals surface area contributed by atoms with Crippen LogP contribution < -0.4 is 14.5 Å². The van der Waals surface area contributed by atoms with Crippen LogP contribution in [0.25, 0.3) is 61.0 Å². The molecule has 86 heavy (non-hydrogen) atoms. The largest absolute Gasteiger partial charge is 0.509 e. The molecule has 0 radical (unpaired) electrons. The fourth-order valence-corrected chi connectivity index (χ4v) is 13.0. The minimum Gasteiger partial charge on any atom is -0.509 e. The van der Waals surface area contributed by atoms with Crippen LogP contribution in [0.2, 0.25) is 0 Å². The predicted octanol–water partition coefficient (Wildman–Crippen LogP) is 20.7. The Balaban J connectivity index is 0.00000686. The molecule has 10 aromatic carbocycles. The first-order valence-electron chi connectivity index (χ1n) is 29.4. The maximum atomic E-state index is 15.9. The normalized spacial score (nSPS) is 14.7. The zero-order chi connectivity index (χ0) is 58.6. The van der Waals surface area contributed by atoms with Crippen LogP contribution in [0.1, 0.15) is 101 Å². The van der Waals surface area contributed by atoms with Crippen LogP contribution in [0.4, 0.5) is 27.1 Å². The van der Waals surface area contributed by atoms with E-state index in [4.69, 9.17) is 9.72 Å². The molecule has 0 bridgehead atoms. The minimum atomic E-state index is -0.940. The Kier molecular flexibility index (Phi) is 13.9. The van der Waals surface area contributed by atoms with E-state index in [0.29, 0.717) is 11.5 Å². The summed E-state index contributed by atoms with van der Waals surface area (Å²) < 4.78 is 25.4. The van der Waals surface area contributed by atoms with E-state index >= 15 is 4.39 Å². The van der Waals surface area contributed by atoms with Crippen LogP contribution >= 0.6 is 0 Å². The third kappa shape index (κ3) is 9.54. The third-order valence-electron chi connectivity index (χ3n) is 17.3. The molecule has 1 atom stereocenters. The zero-order valence-corrected chi connectivity index (χ0v) is 52.2. The first kappa shape index (κ1) is 56.3. The SMILES string of the molecule is CC(C)(C)c1ccc(C2(c3cc(Oc4[c-]c5c(cc4)c4ccccc4n5-c4cc(C(C)(C)C)ccn4)[c-]c(N4[CH-]N(c5c(-c6ccccc6)cc(C(C)(C)C)cc5-c5ccccc5)c5ccccc54)c3)c3ccccc3-c3cc(F)ccc32)cc1.[Pt]. The van der Waals surface area contributed by atoms with Gasteiger partial charge < -0.3 is 19.1 Å². The van der Waals surface area contributed by atoms with Gasteiger partial charge in [-0.05, 0) is 132 Å². The molecule has 14 rings (SSSR count). The maximum absolute atomic E-state index is 15.9. The second-order valence-corrected chi connectivity index (χ2v) is 25.9. The van der Waals surface area contributed by atoms with Gasteiger partial charge in [-0.2, -0.15) is 6.07 Å². The van der Waals surface area contributed by atoms with Gasteiger partial charge in [-0.15, -0.1) is 53.6 Å².